The maximum Gasteiger partial charge on any atom is 0.133 e. The molecule has 0 bridgehead atoms. The Morgan fingerprint density at radius 1 is 0.353 bits per heavy atom. The fraction of sp³-hybridized carbons (Fsp3) is 0.959. The van der Waals surface area contributed by atoms with Gasteiger partial charge in [0.2, 0.25) is 0 Å². The van der Waals surface area contributed by atoms with Crippen molar-refractivity contribution in [1.29, 1.82) is 0 Å². The average Bonchev–Trinajstić information content (AvgIpc) is 3.17. The van der Waals surface area contributed by atoms with Crippen LogP contribution >= 0.6 is 0 Å². The van der Waals surface area contributed by atoms with Gasteiger partial charge in [-0.15, -0.1) is 0 Å². The van der Waals surface area contributed by atoms with Crippen LogP contribution in [0.15, 0.2) is 0 Å². The smallest absolute Gasteiger partial charge is 0.133 e. The van der Waals surface area contributed by atoms with Gasteiger partial charge in [-0.25, -0.2) is 0 Å². The molecule has 2 heteroatoms. The molecule has 294 valence electrons. The summed E-state index contributed by atoms with van der Waals surface area (Å²) in [6.07, 6.45) is 48.4. The highest BCUT2D eigenvalue weighted by Gasteiger charge is 2.36. The van der Waals surface area contributed by atoms with E-state index in [9.17, 15) is 9.59 Å². The maximum atomic E-state index is 11.8. The van der Waals surface area contributed by atoms with Crippen LogP contribution in [0.25, 0.3) is 0 Å². The van der Waals surface area contributed by atoms with Gasteiger partial charge < -0.3 is 0 Å². The van der Waals surface area contributed by atoms with Gasteiger partial charge in [-0.1, -0.05) is 110 Å². The van der Waals surface area contributed by atoms with E-state index in [1.54, 1.807) is 0 Å². The number of carbonyl (C=O) groups excluding carboxylic acids is 2. The van der Waals surface area contributed by atoms with Crippen LogP contribution in [0.3, 0.4) is 0 Å². The van der Waals surface area contributed by atoms with Gasteiger partial charge in [-0.3, -0.25) is 9.59 Å². The zero-order valence-corrected chi connectivity index (χ0v) is 34.3. The lowest BCUT2D eigenvalue weighted by Gasteiger charge is -2.40. The number of unbranched alkanes of at least 4 members (excludes halogenated alkanes) is 7. The van der Waals surface area contributed by atoms with E-state index in [-0.39, 0.29) is 0 Å². The summed E-state index contributed by atoms with van der Waals surface area (Å²) in [5.74, 6) is 10.6. The molecule has 2 atom stereocenters. The summed E-state index contributed by atoms with van der Waals surface area (Å²) in [6.45, 7) is 4.62. The van der Waals surface area contributed by atoms with Crippen LogP contribution in [0.2, 0.25) is 0 Å². The van der Waals surface area contributed by atoms with Gasteiger partial charge in [0.1, 0.15) is 11.6 Å². The van der Waals surface area contributed by atoms with Gasteiger partial charge >= 0.3 is 0 Å². The van der Waals surface area contributed by atoms with Crippen molar-refractivity contribution in [3.8, 4) is 0 Å². The highest BCUT2D eigenvalue weighted by molar-refractivity contribution is 5.79. The summed E-state index contributed by atoms with van der Waals surface area (Å²) < 4.78 is 0. The number of carbonyl (C=O) groups is 2. The van der Waals surface area contributed by atoms with Gasteiger partial charge in [-0.2, -0.15) is 0 Å². The van der Waals surface area contributed by atoms with Crippen molar-refractivity contribution >= 4 is 11.6 Å². The minimum absolute atomic E-state index is 0.552. The van der Waals surface area contributed by atoms with E-state index < -0.39 is 0 Å². The second-order valence-corrected chi connectivity index (χ2v) is 19.8. The SMILES string of the molecule is CCCCCCC[C@H]1CC[C@H]([C@H]2CC[C@H](C3CCCC(=O)C3)CC2)CC1.CCCCCC[C@H]1CC[C@H]([C@H]2CC[C@H](C3CCCC(=O)C3)CC2)CC1. The zero-order valence-electron chi connectivity index (χ0n) is 34.3. The van der Waals surface area contributed by atoms with Gasteiger partial charge in [0.15, 0.2) is 0 Å². The Hall–Kier alpha value is -0.660. The normalized spacial score (nSPS) is 36.7. The minimum atomic E-state index is 0.552. The van der Waals surface area contributed by atoms with Crippen molar-refractivity contribution in [2.45, 2.75) is 239 Å². The van der Waals surface area contributed by atoms with Crippen LogP contribution < -0.4 is 0 Å². The predicted molar refractivity (Wildman–Crippen MR) is 218 cm³/mol. The molecule has 0 aliphatic heterocycles. The Bertz CT molecular complexity index is 937. The van der Waals surface area contributed by atoms with Crippen molar-refractivity contribution < 1.29 is 9.59 Å². The van der Waals surface area contributed by atoms with Crippen molar-refractivity contribution in [3.63, 3.8) is 0 Å². The largest absolute Gasteiger partial charge is 0.300 e. The van der Waals surface area contributed by atoms with E-state index >= 15 is 0 Å². The molecule has 6 aliphatic rings. The molecule has 0 aromatic carbocycles. The number of rotatable bonds is 15. The first-order chi connectivity index (χ1) is 25.0. The molecule has 2 nitrogen and oxygen atoms in total. The predicted octanol–water partition coefficient (Wildman–Crippen LogP) is 15.0. The van der Waals surface area contributed by atoms with Crippen molar-refractivity contribution in [2.24, 2.45) is 59.2 Å². The Labute approximate surface area is 318 Å². The molecular formula is C49H86O2. The molecule has 0 radical (unpaired) electrons. The molecule has 0 spiro atoms. The van der Waals surface area contributed by atoms with Crippen molar-refractivity contribution in [2.75, 3.05) is 0 Å². The Balaban J connectivity index is 0.000000198. The monoisotopic (exact) mass is 707 g/mol. The first-order valence-corrected chi connectivity index (χ1v) is 24.1. The van der Waals surface area contributed by atoms with Crippen LogP contribution in [0.1, 0.15) is 239 Å². The summed E-state index contributed by atoms with van der Waals surface area (Å²) in [5.41, 5.74) is 0. The lowest BCUT2D eigenvalue weighted by Crippen LogP contribution is -2.30. The molecule has 6 aliphatic carbocycles. The first-order valence-electron chi connectivity index (χ1n) is 24.1. The Morgan fingerprint density at radius 2 is 0.647 bits per heavy atom. The van der Waals surface area contributed by atoms with E-state index in [4.69, 9.17) is 0 Å². The summed E-state index contributed by atoms with van der Waals surface area (Å²) in [6, 6.07) is 0. The minimum Gasteiger partial charge on any atom is -0.300 e. The van der Waals surface area contributed by atoms with Crippen LogP contribution in [-0.2, 0) is 9.59 Å². The molecule has 0 aromatic heterocycles. The Morgan fingerprint density at radius 3 is 0.980 bits per heavy atom. The Kier molecular flexibility index (Phi) is 19.0. The summed E-state index contributed by atoms with van der Waals surface area (Å²) in [5, 5.41) is 0. The lowest BCUT2D eigenvalue weighted by molar-refractivity contribution is -0.123. The van der Waals surface area contributed by atoms with Crippen LogP contribution in [0.4, 0.5) is 0 Å². The number of ketones is 2. The second-order valence-electron chi connectivity index (χ2n) is 19.8. The molecule has 0 aromatic rings. The van der Waals surface area contributed by atoms with Crippen LogP contribution in [0, 0.1) is 59.2 Å². The second kappa shape index (κ2) is 23.3. The molecule has 0 saturated heterocycles. The highest BCUT2D eigenvalue weighted by atomic mass is 16.1. The number of hydrogen-bond donors (Lipinski definition) is 0. The zero-order chi connectivity index (χ0) is 35.7. The fourth-order valence-electron chi connectivity index (χ4n) is 12.9. The summed E-state index contributed by atoms with van der Waals surface area (Å²) in [7, 11) is 0. The summed E-state index contributed by atoms with van der Waals surface area (Å²) in [4.78, 5) is 23.6. The third-order valence-electron chi connectivity index (χ3n) is 16.3. The number of Topliss-reactive ketones (excluding diaryl/α,β-unsaturated/α-hetero) is 2. The first kappa shape index (κ1) is 41.5. The van der Waals surface area contributed by atoms with Crippen LogP contribution in [-0.4, -0.2) is 11.6 Å². The number of hydrogen-bond acceptors (Lipinski definition) is 2. The summed E-state index contributed by atoms with van der Waals surface area (Å²) >= 11 is 0. The molecule has 6 rings (SSSR count). The third kappa shape index (κ3) is 14.2. The highest BCUT2D eigenvalue weighted by Crippen LogP contribution is 2.47. The maximum absolute atomic E-state index is 11.8. The molecular weight excluding hydrogens is 621 g/mol. The third-order valence-corrected chi connectivity index (χ3v) is 16.3. The molecule has 6 fully saturated rings. The van der Waals surface area contributed by atoms with Crippen molar-refractivity contribution in [1.82, 2.24) is 0 Å². The van der Waals surface area contributed by atoms with E-state index in [1.807, 2.05) is 0 Å². The van der Waals surface area contributed by atoms with Gasteiger partial charge in [0, 0.05) is 25.7 Å². The molecule has 51 heavy (non-hydrogen) atoms. The molecule has 0 N–H and O–H groups in total. The average molecular weight is 707 g/mol. The van der Waals surface area contributed by atoms with Gasteiger partial charge in [0.05, 0.1) is 0 Å². The molecule has 0 heterocycles. The quantitative estimate of drug-likeness (QED) is 0.159. The lowest BCUT2D eigenvalue weighted by atomic mass is 9.65. The standard InChI is InChI=1S/C25H44O.C24H42O/c1-2-3-4-5-6-8-20-11-13-21(14-12-20)22-15-17-23(18-16-22)24-9-7-10-25(26)19-24;1-2-3-4-5-7-19-10-12-20(13-11-19)21-14-16-22(17-15-21)23-8-6-9-24(25)18-23/h20-24H,2-19H2,1H3;19-23H,2-18H2,1H3/t20-,21-,22-,23-,24?;19-,20-,21-,22-,23?. The molecule has 6 saturated carbocycles. The fourth-order valence-corrected chi connectivity index (χ4v) is 12.9. The van der Waals surface area contributed by atoms with E-state index in [0.29, 0.717) is 11.6 Å². The topological polar surface area (TPSA) is 34.1 Å². The van der Waals surface area contributed by atoms with Crippen LogP contribution in [0.5, 0.6) is 0 Å². The van der Waals surface area contributed by atoms with Gasteiger partial charge in [-0.05, 0) is 162 Å². The van der Waals surface area contributed by atoms with E-state index in [2.05, 4.69) is 13.8 Å². The molecule has 2 unspecified atom stereocenters. The van der Waals surface area contributed by atoms with Gasteiger partial charge in [0.25, 0.3) is 0 Å². The van der Waals surface area contributed by atoms with E-state index in [1.165, 1.54) is 199 Å². The van der Waals surface area contributed by atoms with Crippen molar-refractivity contribution in [3.05, 3.63) is 0 Å². The van der Waals surface area contributed by atoms with E-state index in [0.717, 1.165) is 84.9 Å². The molecule has 0 amide bonds.